The van der Waals surface area contributed by atoms with E-state index in [4.69, 9.17) is 18.9 Å². The van der Waals surface area contributed by atoms with E-state index in [0.717, 1.165) is 14.7 Å². The number of aromatic nitrogens is 1. The second kappa shape index (κ2) is 12.4. The van der Waals surface area contributed by atoms with Crippen molar-refractivity contribution in [3.05, 3.63) is 82.1 Å². The van der Waals surface area contributed by atoms with Crippen molar-refractivity contribution in [2.45, 2.75) is 46.8 Å². The number of hydrogen-bond acceptors (Lipinski definition) is 8. The van der Waals surface area contributed by atoms with E-state index in [0.29, 0.717) is 44.5 Å². The molecule has 0 aliphatic carbocycles. The lowest BCUT2D eigenvalue weighted by atomic mass is 9.96. The van der Waals surface area contributed by atoms with Crippen LogP contribution < -0.4 is 29.1 Å². The molecular formula is C29H31IN2O6S. The molecule has 206 valence electrons. The molecule has 0 spiro atoms. The van der Waals surface area contributed by atoms with Gasteiger partial charge in [-0.3, -0.25) is 9.36 Å². The van der Waals surface area contributed by atoms with Crippen LogP contribution in [0.4, 0.5) is 0 Å². The van der Waals surface area contributed by atoms with Crippen molar-refractivity contribution in [2.75, 3.05) is 20.3 Å². The summed E-state index contributed by atoms with van der Waals surface area (Å²) in [6, 6.07) is 10.5. The maximum absolute atomic E-state index is 13.9. The summed E-state index contributed by atoms with van der Waals surface area (Å²) in [5.74, 6) is 1.46. The van der Waals surface area contributed by atoms with Crippen molar-refractivity contribution in [3.63, 3.8) is 0 Å². The fourth-order valence-corrected chi connectivity index (χ4v) is 6.14. The second-order valence-electron chi connectivity index (χ2n) is 9.01. The van der Waals surface area contributed by atoms with E-state index in [1.165, 1.54) is 11.3 Å². The number of esters is 1. The van der Waals surface area contributed by atoms with Gasteiger partial charge in [-0.25, -0.2) is 9.79 Å². The molecule has 8 nitrogen and oxygen atoms in total. The molecule has 0 saturated carbocycles. The maximum atomic E-state index is 13.9. The van der Waals surface area contributed by atoms with Crippen molar-refractivity contribution >= 4 is 46.0 Å². The third-order valence-electron chi connectivity index (χ3n) is 5.93. The molecule has 4 rings (SSSR count). The Bertz CT molecular complexity index is 1590. The number of fused-ring (bicyclic) bond motifs is 1. The Kier molecular flexibility index (Phi) is 9.16. The molecule has 0 N–H and O–H groups in total. The largest absolute Gasteiger partial charge is 0.494 e. The fourth-order valence-electron chi connectivity index (χ4n) is 4.34. The van der Waals surface area contributed by atoms with E-state index >= 15 is 0 Å². The van der Waals surface area contributed by atoms with E-state index in [1.54, 1.807) is 25.5 Å². The molecule has 0 saturated heterocycles. The zero-order chi connectivity index (χ0) is 28.3. The highest BCUT2D eigenvalue weighted by molar-refractivity contribution is 14.1. The summed E-state index contributed by atoms with van der Waals surface area (Å²) in [5.41, 5.74) is 2.16. The third-order valence-corrected chi connectivity index (χ3v) is 7.71. The zero-order valence-electron chi connectivity index (χ0n) is 22.7. The molecule has 0 radical (unpaired) electrons. The van der Waals surface area contributed by atoms with E-state index in [1.807, 2.05) is 63.2 Å². The van der Waals surface area contributed by atoms with Crippen LogP contribution in [-0.2, 0) is 9.53 Å². The monoisotopic (exact) mass is 662 g/mol. The molecule has 39 heavy (non-hydrogen) atoms. The first-order valence-corrected chi connectivity index (χ1v) is 14.5. The first kappa shape index (κ1) is 28.9. The van der Waals surface area contributed by atoms with Gasteiger partial charge in [0.15, 0.2) is 16.3 Å². The summed E-state index contributed by atoms with van der Waals surface area (Å²) >= 11 is 3.48. The number of carbonyl (C=O) groups is 1. The van der Waals surface area contributed by atoms with E-state index in [2.05, 4.69) is 27.6 Å². The van der Waals surface area contributed by atoms with Gasteiger partial charge < -0.3 is 18.9 Å². The quantitative estimate of drug-likeness (QED) is 0.246. The molecule has 10 heteroatoms. The minimum Gasteiger partial charge on any atom is -0.494 e. The Morgan fingerprint density at radius 2 is 1.90 bits per heavy atom. The fraction of sp³-hybridized carbons (Fsp3) is 0.345. The predicted molar refractivity (Wildman–Crippen MR) is 159 cm³/mol. The molecular weight excluding hydrogens is 631 g/mol. The van der Waals surface area contributed by atoms with Gasteiger partial charge in [-0.2, -0.15) is 0 Å². The van der Waals surface area contributed by atoms with Gasteiger partial charge in [0.25, 0.3) is 5.56 Å². The number of rotatable bonds is 9. The van der Waals surface area contributed by atoms with Gasteiger partial charge in [-0.15, -0.1) is 0 Å². The predicted octanol–water partition coefficient (Wildman–Crippen LogP) is 4.60. The average molecular weight is 663 g/mol. The summed E-state index contributed by atoms with van der Waals surface area (Å²) in [4.78, 5) is 32.1. The van der Waals surface area contributed by atoms with Crippen LogP contribution in [0, 0.1) is 3.57 Å². The van der Waals surface area contributed by atoms with Crippen LogP contribution >= 0.6 is 33.9 Å². The van der Waals surface area contributed by atoms with Crippen LogP contribution in [0.5, 0.6) is 17.2 Å². The number of nitrogens with zero attached hydrogens (tertiary/aromatic N) is 2. The first-order chi connectivity index (χ1) is 18.7. The standard InChI is InChI=1S/C29H31IN2O6S/c1-7-36-20-11-9-19(10-12-20)25-24(28(34)37-8-2)17(5)31-29-32(25)27(33)23(39-29)15-18-13-21(30)26(38-16(3)4)22(14-18)35-6/h9-16,25H,7-8H2,1-6H3/b23-15-/t25-/m0/s1. The first-order valence-electron chi connectivity index (χ1n) is 12.6. The number of benzene rings is 2. The lowest BCUT2D eigenvalue weighted by Crippen LogP contribution is -2.39. The maximum Gasteiger partial charge on any atom is 0.338 e. The summed E-state index contributed by atoms with van der Waals surface area (Å²) in [5, 5.41) is 0. The highest BCUT2D eigenvalue weighted by Gasteiger charge is 2.33. The Labute approximate surface area is 244 Å². The lowest BCUT2D eigenvalue weighted by molar-refractivity contribution is -0.139. The van der Waals surface area contributed by atoms with Crippen LogP contribution in [0.2, 0.25) is 0 Å². The number of hydrogen-bond donors (Lipinski definition) is 0. The van der Waals surface area contributed by atoms with E-state index < -0.39 is 12.0 Å². The van der Waals surface area contributed by atoms with Gasteiger partial charge >= 0.3 is 5.97 Å². The smallest absolute Gasteiger partial charge is 0.338 e. The Morgan fingerprint density at radius 3 is 2.51 bits per heavy atom. The normalized spacial score (nSPS) is 15.2. The van der Waals surface area contributed by atoms with Crippen molar-refractivity contribution in [1.29, 1.82) is 0 Å². The number of thiazole rings is 1. The molecule has 1 aliphatic rings. The number of ether oxygens (including phenoxy) is 4. The summed E-state index contributed by atoms with van der Waals surface area (Å²) in [6.07, 6.45) is 1.80. The molecule has 0 unspecified atom stereocenters. The van der Waals surface area contributed by atoms with Crippen LogP contribution in [-0.4, -0.2) is 37.0 Å². The zero-order valence-corrected chi connectivity index (χ0v) is 25.7. The van der Waals surface area contributed by atoms with Crippen molar-refractivity contribution < 1.29 is 23.7 Å². The molecule has 1 aromatic heterocycles. The summed E-state index contributed by atoms with van der Waals surface area (Å²) in [6.45, 7) is 10.1. The van der Waals surface area contributed by atoms with Crippen LogP contribution in [0.3, 0.4) is 0 Å². The van der Waals surface area contributed by atoms with Crippen LogP contribution in [0.15, 0.2) is 57.5 Å². The number of methoxy groups -OCH3 is 1. The summed E-state index contributed by atoms with van der Waals surface area (Å²) < 4.78 is 25.4. The van der Waals surface area contributed by atoms with E-state index in [9.17, 15) is 9.59 Å². The van der Waals surface area contributed by atoms with Gasteiger partial charge in [0.1, 0.15) is 5.75 Å². The average Bonchev–Trinajstić information content (AvgIpc) is 3.19. The molecule has 0 fully saturated rings. The molecule has 1 aliphatic heterocycles. The summed E-state index contributed by atoms with van der Waals surface area (Å²) in [7, 11) is 1.59. The van der Waals surface area contributed by atoms with Gasteiger partial charge in [0, 0.05) is 0 Å². The lowest BCUT2D eigenvalue weighted by Gasteiger charge is -2.24. The minimum atomic E-state index is -0.686. The van der Waals surface area contributed by atoms with Crippen molar-refractivity contribution in [1.82, 2.24) is 4.57 Å². The van der Waals surface area contributed by atoms with Gasteiger partial charge in [-0.05, 0) is 98.7 Å². The minimum absolute atomic E-state index is 0.0126. The molecule has 0 bridgehead atoms. The Balaban J connectivity index is 1.89. The highest BCUT2D eigenvalue weighted by Crippen LogP contribution is 2.35. The Morgan fingerprint density at radius 1 is 1.18 bits per heavy atom. The molecule has 3 aromatic rings. The van der Waals surface area contributed by atoms with Gasteiger partial charge in [0.2, 0.25) is 0 Å². The van der Waals surface area contributed by atoms with Crippen molar-refractivity contribution in [2.24, 2.45) is 4.99 Å². The van der Waals surface area contributed by atoms with Crippen molar-refractivity contribution in [3.8, 4) is 17.2 Å². The molecule has 0 amide bonds. The third kappa shape index (κ3) is 6.06. The number of halogens is 1. The topological polar surface area (TPSA) is 88.4 Å². The highest BCUT2D eigenvalue weighted by atomic mass is 127. The number of allylic oxidation sites excluding steroid dienone is 1. The molecule has 1 atom stereocenters. The number of carbonyl (C=O) groups excluding carboxylic acids is 1. The van der Waals surface area contributed by atoms with E-state index in [-0.39, 0.29) is 18.3 Å². The van der Waals surface area contributed by atoms with Gasteiger partial charge in [0.05, 0.1) is 51.8 Å². The SMILES string of the molecule is CCOC(=O)C1=C(C)N=c2s/c(=C\c3cc(I)c(OC(C)C)c(OC)c3)c(=O)n2[C@H]1c1ccc(OCC)cc1. The molecule has 2 aromatic carbocycles. The van der Waals surface area contributed by atoms with Gasteiger partial charge in [-0.1, -0.05) is 23.5 Å². The Hall–Kier alpha value is -3.12. The molecule has 2 heterocycles. The van der Waals surface area contributed by atoms with Crippen LogP contribution in [0.1, 0.15) is 51.8 Å². The van der Waals surface area contributed by atoms with Crippen LogP contribution in [0.25, 0.3) is 6.08 Å². The second-order valence-corrected chi connectivity index (χ2v) is 11.2.